The molecule has 0 radical (unpaired) electrons. The Labute approximate surface area is 149 Å². The van der Waals surface area contributed by atoms with Crippen LogP contribution in [0.25, 0.3) is 5.57 Å². The molecule has 1 unspecified atom stereocenters. The number of aliphatic hydroxyl groups excluding tert-OH is 2. The summed E-state index contributed by atoms with van der Waals surface area (Å²) in [4.78, 5) is 0. The van der Waals surface area contributed by atoms with Gasteiger partial charge in [0.2, 0.25) is 0 Å². The lowest BCUT2D eigenvalue weighted by Gasteiger charge is -2.17. The van der Waals surface area contributed by atoms with Gasteiger partial charge in [0.05, 0.1) is 18.8 Å². The molecule has 0 aromatic heterocycles. The standard InChI is InChI=1S/C20H27NO4/c1-20(21)7-3-2-6-16(15-20)17-12-18(24-10-4-8-22)14-19(13-17)25-11-5-9-23/h2-3,6-7,12-15,22-23H,4-5,8-11,21H2,1H3. The van der Waals surface area contributed by atoms with Gasteiger partial charge in [0, 0.05) is 32.1 Å². The van der Waals surface area contributed by atoms with E-state index in [4.69, 9.17) is 25.4 Å². The van der Waals surface area contributed by atoms with Gasteiger partial charge in [-0.3, -0.25) is 0 Å². The van der Waals surface area contributed by atoms with Crippen LogP contribution in [-0.4, -0.2) is 42.2 Å². The van der Waals surface area contributed by atoms with E-state index in [1.807, 2.05) is 55.5 Å². The highest BCUT2D eigenvalue weighted by atomic mass is 16.5. The van der Waals surface area contributed by atoms with Crippen molar-refractivity contribution in [2.45, 2.75) is 25.3 Å². The van der Waals surface area contributed by atoms with Gasteiger partial charge >= 0.3 is 0 Å². The third kappa shape index (κ3) is 6.38. The van der Waals surface area contributed by atoms with Crippen LogP contribution in [0, 0.1) is 0 Å². The number of rotatable bonds is 9. The molecule has 25 heavy (non-hydrogen) atoms. The zero-order valence-corrected chi connectivity index (χ0v) is 14.6. The molecule has 1 atom stereocenters. The second-order valence-electron chi connectivity index (χ2n) is 6.23. The Morgan fingerprint density at radius 2 is 1.56 bits per heavy atom. The van der Waals surface area contributed by atoms with Gasteiger partial charge in [-0.05, 0) is 30.2 Å². The van der Waals surface area contributed by atoms with Crippen LogP contribution in [0.4, 0.5) is 0 Å². The lowest BCUT2D eigenvalue weighted by Crippen LogP contribution is -2.30. The van der Waals surface area contributed by atoms with Crippen LogP contribution in [-0.2, 0) is 0 Å². The zero-order chi connectivity index (χ0) is 18.1. The van der Waals surface area contributed by atoms with Crippen LogP contribution in [0.3, 0.4) is 0 Å². The first-order valence-electron chi connectivity index (χ1n) is 8.54. The molecule has 136 valence electrons. The second-order valence-corrected chi connectivity index (χ2v) is 6.23. The SMILES string of the molecule is CC1(N)C=CC=CC(c2cc(OCCCO)cc(OCCCO)c2)=C1. The minimum Gasteiger partial charge on any atom is -0.493 e. The van der Waals surface area contributed by atoms with Crippen LogP contribution in [0.2, 0.25) is 0 Å². The molecule has 0 amide bonds. The fraction of sp³-hybridized carbons (Fsp3) is 0.400. The molecule has 4 N–H and O–H groups in total. The fourth-order valence-electron chi connectivity index (χ4n) is 2.45. The summed E-state index contributed by atoms with van der Waals surface area (Å²) >= 11 is 0. The van der Waals surface area contributed by atoms with E-state index in [0.717, 1.165) is 11.1 Å². The largest absolute Gasteiger partial charge is 0.493 e. The summed E-state index contributed by atoms with van der Waals surface area (Å²) in [5.41, 5.74) is 7.64. The number of ether oxygens (including phenoxy) is 2. The van der Waals surface area contributed by atoms with Crippen molar-refractivity contribution in [3.05, 3.63) is 54.1 Å². The Morgan fingerprint density at radius 1 is 0.960 bits per heavy atom. The van der Waals surface area contributed by atoms with Crippen LogP contribution >= 0.6 is 0 Å². The van der Waals surface area contributed by atoms with Gasteiger partial charge in [-0.25, -0.2) is 0 Å². The summed E-state index contributed by atoms with van der Waals surface area (Å²) in [6, 6.07) is 5.70. The number of hydrogen-bond acceptors (Lipinski definition) is 5. The molecule has 0 fully saturated rings. The first-order valence-corrected chi connectivity index (χ1v) is 8.54. The number of benzene rings is 1. The Morgan fingerprint density at radius 3 is 2.12 bits per heavy atom. The van der Waals surface area contributed by atoms with Crippen molar-refractivity contribution >= 4 is 5.57 Å². The van der Waals surface area contributed by atoms with Gasteiger partial charge in [-0.2, -0.15) is 0 Å². The lowest BCUT2D eigenvalue weighted by molar-refractivity contribution is 0.228. The minimum absolute atomic E-state index is 0.0879. The molecule has 5 heteroatoms. The lowest BCUT2D eigenvalue weighted by atomic mass is 9.96. The van der Waals surface area contributed by atoms with E-state index in [1.165, 1.54) is 0 Å². The first-order chi connectivity index (χ1) is 12.0. The van der Waals surface area contributed by atoms with Crippen molar-refractivity contribution in [1.82, 2.24) is 0 Å². The number of aliphatic hydroxyl groups is 2. The van der Waals surface area contributed by atoms with Gasteiger partial charge < -0.3 is 25.4 Å². The molecule has 5 nitrogen and oxygen atoms in total. The summed E-state index contributed by atoms with van der Waals surface area (Å²) in [7, 11) is 0. The van der Waals surface area contributed by atoms with Crippen molar-refractivity contribution in [1.29, 1.82) is 0 Å². The van der Waals surface area contributed by atoms with Crippen molar-refractivity contribution in [3.8, 4) is 11.5 Å². The van der Waals surface area contributed by atoms with Crippen molar-refractivity contribution in [2.75, 3.05) is 26.4 Å². The van der Waals surface area contributed by atoms with Crippen molar-refractivity contribution < 1.29 is 19.7 Å². The van der Waals surface area contributed by atoms with Gasteiger partial charge in [0.1, 0.15) is 11.5 Å². The predicted molar refractivity (Wildman–Crippen MR) is 99.7 cm³/mol. The van der Waals surface area contributed by atoms with E-state index in [1.54, 1.807) is 0 Å². The number of hydrogen-bond donors (Lipinski definition) is 3. The Balaban J connectivity index is 2.29. The van der Waals surface area contributed by atoms with E-state index >= 15 is 0 Å². The first kappa shape index (κ1) is 19.2. The van der Waals surface area contributed by atoms with E-state index in [0.29, 0.717) is 37.6 Å². The highest BCUT2D eigenvalue weighted by Gasteiger charge is 2.15. The topological polar surface area (TPSA) is 84.9 Å². The third-order valence-electron chi connectivity index (χ3n) is 3.66. The Hall–Kier alpha value is -2.08. The van der Waals surface area contributed by atoms with Gasteiger partial charge in [-0.1, -0.05) is 30.4 Å². The monoisotopic (exact) mass is 345 g/mol. The van der Waals surface area contributed by atoms with E-state index in [2.05, 4.69) is 0 Å². The second kappa shape index (κ2) is 9.42. The zero-order valence-electron chi connectivity index (χ0n) is 14.6. The molecule has 0 spiro atoms. The molecule has 1 aromatic rings. The Kier molecular flexibility index (Phi) is 7.25. The molecular weight excluding hydrogens is 318 g/mol. The van der Waals surface area contributed by atoms with E-state index in [9.17, 15) is 0 Å². The third-order valence-corrected chi connectivity index (χ3v) is 3.66. The molecule has 0 aliphatic heterocycles. The minimum atomic E-state index is -0.537. The summed E-state index contributed by atoms with van der Waals surface area (Å²) in [5, 5.41) is 17.8. The molecule has 0 saturated carbocycles. The van der Waals surface area contributed by atoms with Crippen molar-refractivity contribution in [3.63, 3.8) is 0 Å². The van der Waals surface area contributed by atoms with E-state index < -0.39 is 5.54 Å². The summed E-state index contributed by atoms with van der Waals surface area (Å²) in [5.74, 6) is 1.35. The maximum absolute atomic E-state index is 8.92. The summed E-state index contributed by atoms with van der Waals surface area (Å²) in [6.45, 7) is 2.98. The average molecular weight is 345 g/mol. The predicted octanol–water partition coefficient (Wildman–Crippen LogP) is 2.44. The van der Waals surface area contributed by atoms with Crippen LogP contribution in [0.1, 0.15) is 25.3 Å². The smallest absolute Gasteiger partial charge is 0.123 e. The normalized spacial score (nSPS) is 19.4. The number of allylic oxidation sites excluding steroid dienone is 4. The van der Waals surface area contributed by atoms with Crippen LogP contribution in [0.15, 0.2) is 48.6 Å². The van der Waals surface area contributed by atoms with E-state index in [-0.39, 0.29) is 13.2 Å². The van der Waals surface area contributed by atoms with Crippen LogP contribution in [0.5, 0.6) is 11.5 Å². The van der Waals surface area contributed by atoms with Gasteiger partial charge in [0.15, 0.2) is 0 Å². The highest BCUT2D eigenvalue weighted by molar-refractivity contribution is 5.77. The van der Waals surface area contributed by atoms with Crippen LogP contribution < -0.4 is 15.2 Å². The van der Waals surface area contributed by atoms with Crippen molar-refractivity contribution in [2.24, 2.45) is 5.73 Å². The maximum atomic E-state index is 8.92. The molecule has 0 bridgehead atoms. The molecular formula is C20H27NO4. The summed E-state index contributed by atoms with van der Waals surface area (Å²) < 4.78 is 11.4. The maximum Gasteiger partial charge on any atom is 0.123 e. The molecule has 0 saturated heterocycles. The fourth-order valence-corrected chi connectivity index (χ4v) is 2.45. The summed E-state index contributed by atoms with van der Waals surface area (Å²) in [6.07, 6.45) is 11.0. The quantitative estimate of drug-likeness (QED) is 0.599. The highest BCUT2D eigenvalue weighted by Crippen LogP contribution is 2.30. The average Bonchev–Trinajstić information content (AvgIpc) is 2.76. The molecule has 1 aromatic carbocycles. The number of nitrogens with two attached hydrogens (primary N) is 1. The molecule has 1 aliphatic carbocycles. The molecule has 0 heterocycles. The Bertz CT molecular complexity index is 619. The van der Waals surface area contributed by atoms with Gasteiger partial charge in [-0.15, -0.1) is 0 Å². The van der Waals surface area contributed by atoms with Gasteiger partial charge in [0.25, 0.3) is 0 Å². The molecule has 2 rings (SSSR count). The molecule has 1 aliphatic rings.